The summed E-state index contributed by atoms with van der Waals surface area (Å²) in [5.41, 5.74) is 1.24. The number of thioether (sulfide) groups is 1. The number of halogens is 2. The third-order valence-corrected chi connectivity index (χ3v) is 5.95. The molecule has 2 heterocycles. The van der Waals surface area contributed by atoms with Gasteiger partial charge in [0.1, 0.15) is 17.3 Å². The summed E-state index contributed by atoms with van der Waals surface area (Å²) >= 11 is 6.93. The van der Waals surface area contributed by atoms with E-state index in [1.165, 1.54) is 23.9 Å². The van der Waals surface area contributed by atoms with Crippen LogP contribution in [0.1, 0.15) is 21.9 Å². The van der Waals surface area contributed by atoms with Crippen molar-refractivity contribution in [3.8, 4) is 5.69 Å². The number of rotatable bonds is 8. The molecule has 2 aromatic heterocycles. The number of carbonyl (C=O) groups is 2. The molecule has 4 rings (SSSR count). The molecule has 174 valence electrons. The topological polar surface area (TPSA) is 89.2 Å². The molecule has 0 fully saturated rings. The highest BCUT2D eigenvalue weighted by molar-refractivity contribution is 7.99. The van der Waals surface area contributed by atoms with Crippen molar-refractivity contribution in [3.63, 3.8) is 0 Å². The summed E-state index contributed by atoms with van der Waals surface area (Å²) in [6.45, 7) is 2.13. The Morgan fingerprint density at radius 3 is 2.79 bits per heavy atom. The first-order valence-electron chi connectivity index (χ1n) is 10.2. The minimum absolute atomic E-state index is 0.0157. The third-order valence-electron chi connectivity index (χ3n) is 4.75. The third kappa shape index (κ3) is 5.86. The Hall–Kier alpha value is -3.56. The average molecular weight is 499 g/mol. The molecule has 7 nitrogen and oxygen atoms in total. The average Bonchev–Trinajstić information content (AvgIpc) is 3.47. The first-order valence-corrected chi connectivity index (χ1v) is 11.6. The summed E-state index contributed by atoms with van der Waals surface area (Å²) in [7, 11) is 0. The van der Waals surface area contributed by atoms with Crippen LogP contribution in [-0.4, -0.2) is 27.1 Å². The van der Waals surface area contributed by atoms with E-state index in [0.717, 1.165) is 11.8 Å². The van der Waals surface area contributed by atoms with Gasteiger partial charge in [0.2, 0.25) is 5.91 Å². The Bertz CT molecular complexity index is 1340. The molecule has 0 aliphatic carbocycles. The zero-order valence-corrected chi connectivity index (χ0v) is 19.6. The Labute approximate surface area is 204 Å². The van der Waals surface area contributed by atoms with Gasteiger partial charge in [0, 0.05) is 28.7 Å². The van der Waals surface area contributed by atoms with Crippen LogP contribution in [0.2, 0.25) is 5.02 Å². The van der Waals surface area contributed by atoms with Gasteiger partial charge >= 0.3 is 0 Å². The molecular formula is C24H20ClFN4O3S. The van der Waals surface area contributed by atoms with Crippen LogP contribution < -0.4 is 10.6 Å². The summed E-state index contributed by atoms with van der Waals surface area (Å²) in [6, 6.07) is 14.7. The standard InChI is InChI=1S/C24H20ClFN4O3S/c1-15-5-7-19(33-15)13-28-23(32)16-3-2-4-18(11-16)30-10-9-27-24(30)34-14-22(31)29-21-8-6-17(25)12-20(21)26/h2-12H,13-14H2,1H3,(H,28,32)(H,29,31). The Morgan fingerprint density at radius 1 is 1.18 bits per heavy atom. The number of nitrogens with zero attached hydrogens (tertiary/aromatic N) is 2. The van der Waals surface area contributed by atoms with Crippen LogP contribution in [-0.2, 0) is 11.3 Å². The molecule has 0 unspecified atom stereocenters. The smallest absolute Gasteiger partial charge is 0.251 e. The van der Waals surface area contributed by atoms with Crippen LogP contribution in [0.3, 0.4) is 0 Å². The number of aromatic nitrogens is 2. The van der Waals surface area contributed by atoms with Crippen molar-refractivity contribution in [2.45, 2.75) is 18.6 Å². The molecule has 0 bridgehead atoms. The summed E-state index contributed by atoms with van der Waals surface area (Å²) in [5, 5.41) is 6.15. The minimum atomic E-state index is -0.607. The molecule has 10 heteroatoms. The van der Waals surface area contributed by atoms with Gasteiger partial charge in [0.05, 0.1) is 18.0 Å². The fourth-order valence-electron chi connectivity index (χ4n) is 3.15. The van der Waals surface area contributed by atoms with Crippen LogP contribution in [0.5, 0.6) is 0 Å². The van der Waals surface area contributed by atoms with Crippen molar-refractivity contribution >= 4 is 40.9 Å². The largest absolute Gasteiger partial charge is 0.465 e. The second kappa shape index (κ2) is 10.6. The molecule has 0 saturated carbocycles. The molecule has 2 amide bonds. The lowest BCUT2D eigenvalue weighted by molar-refractivity contribution is -0.113. The molecule has 2 aromatic carbocycles. The van der Waals surface area contributed by atoms with E-state index in [1.54, 1.807) is 35.2 Å². The predicted molar refractivity (Wildman–Crippen MR) is 129 cm³/mol. The monoisotopic (exact) mass is 498 g/mol. The van der Waals surface area contributed by atoms with Crippen LogP contribution in [0.4, 0.5) is 10.1 Å². The highest BCUT2D eigenvalue weighted by Gasteiger charge is 2.13. The lowest BCUT2D eigenvalue weighted by atomic mass is 10.2. The summed E-state index contributed by atoms with van der Waals surface area (Å²) in [6.07, 6.45) is 3.34. The van der Waals surface area contributed by atoms with Gasteiger partial charge in [-0.2, -0.15) is 0 Å². The summed E-state index contributed by atoms with van der Waals surface area (Å²) < 4.78 is 21.2. The highest BCUT2D eigenvalue weighted by atomic mass is 35.5. The quantitative estimate of drug-likeness (QED) is 0.325. The Balaban J connectivity index is 1.39. The number of benzene rings is 2. The molecule has 0 aliphatic heterocycles. The fourth-order valence-corrected chi connectivity index (χ4v) is 4.08. The van der Waals surface area contributed by atoms with Crippen LogP contribution >= 0.6 is 23.4 Å². The zero-order valence-electron chi connectivity index (χ0n) is 18.0. The number of imidazole rings is 1. The van der Waals surface area contributed by atoms with Crippen molar-refractivity contribution in [3.05, 3.63) is 94.9 Å². The van der Waals surface area contributed by atoms with Gasteiger partial charge in [-0.15, -0.1) is 0 Å². The molecule has 0 atom stereocenters. The van der Waals surface area contributed by atoms with Gasteiger partial charge in [-0.05, 0) is 55.5 Å². The van der Waals surface area contributed by atoms with Gasteiger partial charge in [-0.1, -0.05) is 29.4 Å². The second-order valence-corrected chi connectivity index (χ2v) is 8.67. The highest BCUT2D eigenvalue weighted by Crippen LogP contribution is 2.23. The molecule has 0 radical (unpaired) electrons. The lowest BCUT2D eigenvalue weighted by Gasteiger charge is -2.10. The first-order chi connectivity index (χ1) is 16.4. The fraction of sp³-hybridized carbons (Fsp3) is 0.125. The van der Waals surface area contributed by atoms with E-state index in [9.17, 15) is 14.0 Å². The molecule has 0 spiro atoms. The van der Waals surface area contributed by atoms with Gasteiger partial charge in [-0.3, -0.25) is 14.2 Å². The number of anilines is 1. The van der Waals surface area contributed by atoms with Crippen molar-refractivity contribution in [1.82, 2.24) is 14.9 Å². The summed E-state index contributed by atoms with van der Waals surface area (Å²) in [5.74, 6) is 0.235. The number of aryl methyl sites for hydroxylation is 1. The maximum atomic E-state index is 13.9. The van der Waals surface area contributed by atoms with Crippen molar-refractivity contribution in [2.24, 2.45) is 0 Å². The van der Waals surface area contributed by atoms with Crippen molar-refractivity contribution < 1.29 is 18.4 Å². The number of amides is 2. The number of furan rings is 1. The van der Waals surface area contributed by atoms with Crippen molar-refractivity contribution in [1.29, 1.82) is 0 Å². The van der Waals surface area contributed by atoms with E-state index >= 15 is 0 Å². The van der Waals surface area contributed by atoms with Crippen LogP contribution in [0, 0.1) is 12.7 Å². The normalized spacial score (nSPS) is 10.8. The first kappa shape index (κ1) is 23.6. The molecular weight excluding hydrogens is 479 g/mol. The molecule has 2 N–H and O–H groups in total. The van der Waals surface area contributed by atoms with E-state index in [1.807, 2.05) is 25.1 Å². The van der Waals surface area contributed by atoms with Crippen LogP contribution in [0.15, 0.2) is 76.6 Å². The molecule has 4 aromatic rings. The van der Waals surface area contributed by atoms with E-state index in [-0.39, 0.29) is 34.8 Å². The lowest BCUT2D eigenvalue weighted by Crippen LogP contribution is -2.22. The van der Waals surface area contributed by atoms with Crippen LogP contribution in [0.25, 0.3) is 5.69 Å². The Morgan fingerprint density at radius 2 is 2.03 bits per heavy atom. The predicted octanol–water partition coefficient (Wildman–Crippen LogP) is 5.23. The number of carbonyl (C=O) groups excluding carboxylic acids is 2. The second-order valence-electron chi connectivity index (χ2n) is 7.29. The van der Waals surface area contributed by atoms with Crippen molar-refractivity contribution in [2.75, 3.05) is 11.1 Å². The minimum Gasteiger partial charge on any atom is -0.465 e. The number of hydrogen-bond donors (Lipinski definition) is 2. The maximum Gasteiger partial charge on any atom is 0.251 e. The maximum absolute atomic E-state index is 13.9. The van der Waals surface area contributed by atoms with E-state index in [2.05, 4.69) is 15.6 Å². The SMILES string of the molecule is Cc1ccc(CNC(=O)c2cccc(-n3ccnc3SCC(=O)Nc3ccc(Cl)cc3F)c2)o1. The Kier molecular flexibility index (Phi) is 7.34. The van der Waals surface area contributed by atoms with Gasteiger partial charge in [0.15, 0.2) is 5.16 Å². The van der Waals surface area contributed by atoms with Gasteiger partial charge < -0.3 is 15.1 Å². The van der Waals surface area contributed by atoms with E-state index in [4.69, 9.17) is 16.0 Å². The zero-order chi connectivity index (χ0) is 24.1. The van der Waals surface area contributed by atoms with Gasteiger partial charge in [-0.25, -0.2) is 9.37 Å². The molecule has 34 heavy (non-hydrogen) atoms. The summed E-state index contributed by atoms with van der Waals surface area (Å²) in [4.78, 5) is 29.2. The molecule has 0 aliphatic rings. The number of nitrogens with one attached hydrogen (secondary N) is 2. The molecule has 0 saturated heterocycles. The van der Waals surface area contributed by atoms with E-state index < -0.39 is 5.82 Å². The number of hydrogen-bond acceptors (Lipinski definition) is 5. The van der Waals surface area contributed by atoms with E-state index in [0.29, 0.717) is 22.2 Å². The van der Waals surface area contributed by atoms with Gasteiger partial charge in [0.25, 0.3) is 5.91 Å².